The summed E-state index contributed by atoms with van der Waals surface area (Å²) >= 11 is 0. The van der Waals surface area contributed by atoms with Crippen LogP contribution in [0.25, 0.3) is 27.8 Å². The van der Waals surface area contributed by atoms with Crippen LogP contribution in [0.4, 0.5) is 33.3 Å². The molecule has 1 fully saturated rings. The van der Waals surface area contributed by atoms with E-state index in [1.165, 1.54) is 24.1 Å². The number of carbonyl (C=O) groups is 1. The molecule has 3 heterocycles. The Hall–Kier alpha value is -4.74. The van der Waals surface area contributed by atoms with Crippen LogP contribution in [0.1, 0.15) is 48.1 Å². The van der Waals surface area contributed by atoms with Gasteiger partial charge in [-0.1, -0.05) is 11.2 Å². The quantitative estimate of drug-likeness (QED) is 0.209. The van der Waals surface area contributed by atoms with Crippen molar-refractivity contribution in [3.8, 4) is 16.8 Å². The van der Waals surface area contributed by atoms with Crippen molar-refractivity contribution in [3.05, 3.63) is 89.1 Å². The van der Waals surface area contributed by atoms with E-state index >= 15 is 0 Å². The summed E-state index contributed by atoms with van der Waals surface area (Å²) in [5.41, 5.74) is 2.48. The molecule has 1 N–H and O–H groups in total. The molecule has 0 spiro atoms. The van der Waals surface area contributed by atoms with Crippen molar-refractivity contribution in [2.24, 2.45) is 0 Å². The number of hydrogen-bond donors (Lipinski definition) is 1. The topological polar surface area (TPSA) is 76.2 Å². The highest BCUT2D eigenvalue weighted by Crippen LogP contribution is 2.41. The number of amides is 1. The Morgan fingerprint density at radius 3 is 2.42 bits per heavy atom. The highest BCUT2D eigenvalue weighted by atomic mass is 19.4. The van der Waals surface area contributed by atoms with Crippen LogP contribution in [0.2, 0.25) is 0 Å². The summed E-state index contributed by atoms with van der Waals surface area (Å²) in [4.78, 5) is 19.5. The van der Waals surface area contributed by atoms with Crippen LogP contribution < -0.4 is 10.2 Å². The summed E-state index contributed by atoms with van der Waals surface area (Å²) in [6, 6.07) is 11.7. The number of nitrogens with one attached hydrogen (secondary N) is 1. The minimum atomic E-state index is -4.65. The number of benzene rings is 3. The largest absolute Gasteiger partial charge is 0.418 e. The molecule has 3 aromatic carbocycles. The molecule has 1 aliphatic heterocycles. The number of anilines is 2. The Kier molecular flexibility index (Phi) is 6.94. The van der Waals surface area contributed by atoms with E-state index in [2.05, 4.69) is 10.5 Å². The molecule has 1 saturated heterocycles. The molecule has 1 amide bonds. The third kappa shape index (κ3) is 4.90. The number of piperidine rings is 1. The lowest BCUT2D eigenvalue weighted by Crippen LogP contribution is -2.39. The minimum absolute atomic E-state index is 0.0980. The van der Waals surface area contributed by atoms with Gasteiger partial charge in [-0.2, -0.15) is 13.2 Å². The number of alkyl halides is 3. The standard InChI is InChI=1S/C31H26F5N5O2/c1-16-29(17(2)43-39-16)18-7-12-26-25(13-18)38-30(41(26)19-9-11-24(37-3)21(14-19)31(34,35)36)27-5-4-6-28(42)40(27)20-8-10-22(32)23(33)15-20/h7-15,27,37H,4-6H2,1-3H3. The number of hydrogen-bond acceptors (Lipinski definition) is 5. The maximum Gasteiger partial charge on any atom is 0.418 e. The maximum atomic E-state index is 14.3. The van der Waals surface area contributed by atoms with E-state index in [4.69, 9.17) is 9.51 Å². The molecule has 5 aromatic rings. The summed E-state index contributed by atoms with van der Waals surface area (Å²) in [6.07, 6.45) is -3.61. The molecule has 7 nitrogen and oxygen atoms in total. The highest BCUT2D eigenvalue weighted by Gasteiger charge is 2.37. The molecule has 1 atom stereocenters. The van der Waals surface area contributed by atoms with Gasteiger partial charge in [-0.3, -0.25) is 9.36 Å². The second kappa shape index (κ2) is 10.5. The van der Waals surface area contributed by atoms with Crippen LogP contribution in [0.5, 0.6) is 0 Å². The fourth-order valence-corrected chi connectivity index (χ4v) is 5.84. The molecule has 0 saturated carbocycles. The molecule has 1 aliphatic rings. The van der Waals surface area contributed by atoms with Gasteiger partial charge < -0.3 is 14.7 Å². The van der Waals surface area contributed by atoms with Crippen LogP contribution in [0, 0.1) is 25.5 Å². The van der Waals surface area contributed by atoms with Crippen molar-refractivity contribution in [2.75, 3.05) is 17.3 Å². The number of carbonyl (C=O) groups excluding carboxylic acids is 1. The predicted molar refractivity (Wildman–Crippen MR) is 151 cm³/mol. The fourth-order valence-electron chi connectivity index (χ4n) is 5.84. The lowest BCUT2D eigenvalue weighted by molar-refractivity contribution is -0.137. The van der Waals surface area contributed by atoms with E-state index in [-0.39, 0.29) is 35.2 Å². The predicted octanol–water partition coefficient (Wildman–Crippen LogP) is 7.89. The molecule has 2 aromatic heterocycles. The first kappa shape index (κ1) is 28.4. The first-order chi connectivity index (χ1) is 20.5. The number of rotatable bonds is 5. The molecule has 12 heteroatoms. The Labute approximate surface area is 242 Å². The lowest BCUT2D eigenvalue weighted by Gasteiger charge is -2.35. The van der Waals surface area contributed by atoms with E-state index in [1.54, 1.807) is 36.6 Å². The molecule has 222 valence electrons. The van der Waals surface area contributed by atoms with Crippen molar-refractivity contribution in [3.63, 3.8) is 0 Å². The van der Waals surface area contributed by atoms with Crippen LogP contribution in [0.15, 0.2) is 59.1 Å². The van der Waals surface area contributed by atoms with Gasteiger partial charge in [0.15, 0.2) is 11.6 Å². The van der Waals surface area contributed by atoms with Gasteiger partial charge in [0.25, 0.3) is 0 Å². The second-order valence-corrected chi connectivity index (χ2v) is 10.5. The van der Waals surface area contributed by atoms with E-state index in [9.17, 15) is 26.7 Å². The normalized spacial score (nSPS) is 15.9. The van der Waals surface area contributed by atoms with Crippen molar-refractivity contribution >= 4 is 28.3 Å². The smallest absolute Gasteiger partial charge is 0.388 e. The molecule has 0 aliphatic carbocycles. The lowest BCUT2D eigenvalue weighted by atomic mass is 9.99. The highest BCUT2D eigenvalue weighted by molar-refractivity contribution is 5.95. The minimum Gasteiger partial charge on any atom is -0.388 e. The summed E-state index contributed by atoms with van der Waals surface area (Å²) in [7, 11) is 1.41. The van der Waals surface area contributed by atoms with Crippen molar-refractivity contribution in [1.82, 2.24) is 14.7 Å². The van der Waals surface area contributed by atoms with E-state index in [0.717, 1.165) is 29.3 Å². The molecule has 0 radical (unpaired) electrons. The van der Waals surface area contributed by atoms with Gasteiger partial charge in [0, 0.05) is 42.2 Å². The van der Waals surface area contributed by atoms with Crippen LogP contribution in [-0.4, -0.2) is 27.7 Å². The molecule has 1 unspecified atom stereocenters. The summed E-state index contributed by atoms with van der Waals surface area (Å²) in [6.45, 7) is 3.58. The van der Waals surface area contributed by atoms with Crippen molar-refractivity contribution in [1.29, 1.82) is 0 Å². The Balaban J connectivity index is 1.61. The van der Waals surface area contributed by atoms with Gasteiger partial charge in [0.1, 0.15) is 11.6 Å². The maximum absolute atomic E-state index is 14.3. The van der Waals surface area contributed by atoms with Gasteiger partial charge in [0.05, 0.1) is 28.3 Å². The zero-order chi connectivity index (χ0) is 30.6. The number of aromatic nitrogens is 3. The van der Waals surface area contributed by atoms with Crippen molar-refractivity contribution < 1.29 is 31.3 Å². The number of aryl methyl sites for hydroxylation is 2. The van der Waals surface area contributed by atoms with Crippen LogP contribution in [0.3, 0.4) is 0 Å². The Morgan fingerprint density at radius 1 is 0.977 bits per heavy atom. The Bertz CT molecular complexity index is 1860. The van der Waals surface area contributed by atoms with E-state index < -0.39 is 29.4 Å². The number of imidazole rings is 1. The monoisotopic (exact) mass is 595 g/mol. The Morgan fingerprint density at radius 2 is 1.74 bits per heavy atom. The van der Waals surface area contributed by atoms with Gasteiger partial charge >= 0.3 is 6.18 Å². The van der Waals surface area contributed by atoms with Gasteiger partial charge in [-0.15, -0.1) is 0 Å². The number of nitrogens with zero attached hydrogens (tertiary/aromatic N) is 4. The van der Waals surface area contributed by atoms with Crippen LogP contribution >= 0.6 is 0 Å². The average Bonchev–Trinajstić information content (AvgIpc) is 3.52. The first-order valence-corrected chi connectivity index (χ1v) is 13.6. The number of halogens is 5. The third-order valence-corrected chi connectivity index (χ3v) is 7.77. The van der Waals surface area contributed by atoms with Gasteiger partial charge in [0.2, 0.25) is 5.91 Å². The molecular weight excluding hydrogens is 569 g/mol. The molecule has 43 heavy (non-hydrogen) atoms. The summed E-state index contributed by atoms with van der Waals surface area (Å²) in [5.74, 6) is -1.64. The molecule has 6 rings (SSSR count). The van der Waals surface area contributed by atoms with Gasteiger partial charge in [-0.05, 0) is 74.7 Å². The zero-order valence-corrected chi connectivity index (χ0v) is 23.4. The van der Waals surface area contributed by atoms with E-state index in [0.29, 0.717) is 35.3 Å². The first-order valence-electron chi connectivity index (χ1n) is 13.6. The van der Waals surface area contributed by atoms with Crippen LogP contribution in [-0.2, 0) is 11.0 Å². The fraction of sp³-hybridized carbons (Fsp3) is 0.258. The van der Waals surface area contributed by atoms with Gasteiger partial charge in [-0.25, -0.2) is 13.8 Å². The zero-order valence-electron chi connectivity index (χ0n) is 23.4. The van der Waals surface area contributed by atoms with E-state index in [1.807, 2.05) is 6.07 Å². The van der Waals surface area contributed by atoms with Crippen molar-refractivity contribution in [2.45, 2.75) is 45.3 Å². The summed E-state index contributed by atoms with van der Waals surface area (Å²) < 4.78 is 77.4. The third-order valence-electron chi connectivity index (χ3n) is 7.77. The average molecular weight is 596 g/mol. The molecular formula is C31H26F5N5O2. The number of fused-ring (bicyclic) bond motifs is 1. The molecule has 0 bridgehead atoms. The summed E-state index contributed by atoms with van der Waals surface area (Å²) in [5, 5.41) is 6.60. The second-order valence-electron chi connectivity index (χ2n) is 10.5. The SMILES string of the molecule is CNc1ccc(-n2c(C3CCCC(=O)N3c3ccc(F)c(F)c3)nc3cc(-c4c(C)noc4C)ccc32)cc1C(F)(F)F.